The number of halogens is 1. The molecule has 1 aromatic rings. The lowest BCUT2D eigenvalue weighted by molar-refractivity contribution is 0.178. The molecule has 2 aliphatic rings. The van der Waals surface area contributed by atoms with E-state index in [9.17, 15) is 8.42 Å². The third-order valence-electron chi connectivity index (χ3n) is 4.35. The molecule has 6 heteroatoms. The second-order valence-electron chi connectivity index (χ2n) is 6.03. The fraction of sp³-hybridized carbons (Fsp3) is 0.600. The molecule has 1 saturated heterocycles. The van der Waals surface area contributed by atoms with Crippen molar-refractivity contribution in [1.82, 2.24) is 9.21 Å². The lowest BCUT2D eigenvalue weighted by Crippen LogP contribution is -2.47. The Bertz CT molecular complexity index is 608. The quantitative estimate of drug-likeness (QED) is 0.853. The van der Waals surface area contributed by atoms with Gasteiger partial charge in [-0.3, -0.25) is 0 Å². The zero-order valence-electron chi connectivity index (χ0n) is 12.2. The smallest absolute Gasteiger partial charge is 0.245 e. The highest BCUT2D eigenvalue weighted by Crippen LogP contribution is 2.38. The van der Waals surface area contributed by atoms with E-state index in [0.717, 1.165) is 38.8 Å². The molecule has 116 valence electrons. The third-order valence-corrected chi connectivity index (χ3v) is 6.85. The van der Waals surface area contributed by atoms with Gasteiger partial charge in [0.2, 0.25) is 10.0 Å². The maximum absolute atomic E-state index is 13.0. The highest BCUT2D eigenvalue weighted by Gasteiger charge is 2.43. The summed E-state index contributed by atoms with van der Waals surface area (Å²) in [5, 5.41) is 0.316. The van der Waals surface area contributed by atoms with Gasteiger partial charge in [-0.05, 0) is 58.0 Å². The number of rotatable bonds is 4. The van der Waals surface area contributed by atoms with E-state index in [1.807, 2.05) is 0 Å². The fourth-order valence-corrected chi connectivity index (χ4v) is 5.46. The first-order valence-corrected chi connectivity index (χ1v) is 9.28. The minimum absolute atomic E-state index is 0.106. The number of sulfonamides is 1. The van der Waals surface area contributed by atoms with Crippen LogP contribution >= 0.6 is 11.6 Å². The monoisotopic (exact) mass is 328 g/mol. The standard InChI is InChI=1S/C15H21ClN2O2S/c1-17-10-8-13(9-11-17)18(12-6-7-12)21(19,20)15-5-3-2-4-14(15)16/h2-5,12-13H,6-11H2,1H3. The lowest BCUT2D eigenvalue weighted by Gasteiger charge is -2.36. The first-order chi connectivity index (χ1) is 10.00. The second kappa shape index (κ2) is 5.88. The summed E-state index contributed by atoms with van der Waals surface area (Å²) < 4.78 is 27.8. The van der Waals surface area contributed by atoms with Crippen LogP contribution in [0.4, 0.5) is 0 Å². The van der Waals surface area contributed by atoms with E-state index < -0.39 is 10.0 Å². The first kappa shape index (κ1) is 15.3. The Morgan fingerprint density at radius 3 is 2.24 bits per heavy atom. The average molecular weight is 329 g/mol. The van der Waals surface area contributed by atoms with Crippen LogP contribution in [0, 0.1) is 0 Å². The molecule has 0 atom stereocenters. The van der Waals surface area contributed by atoms with E-state index in [0.29, 0.717) is 5.02 Å². The van der Waals surface area contributed by atoms with Gasteiger partial charge in [0, 0.05) is 12.1 Å². The van der Waals surface area contributed by atoms with Crippen LogP contribution in [-0.2, 0) is 10.0 Å². The Morgan fingerprint density at radius 2 is 1.67 bits per heavy atom. The van der Waals surface area contributed by atoms with Crippen molar-refractivity contribution in [2.45, 2.75) is 42.7 Å². The highest BCUT2D eigenvalue weighted by molar-refractivity contribution is 7.89. The second-order valence-corrected chi connectivity index (χ2v) is 8.25. The van der Waals surface area contributed by atoms with Crippen LogP contribution in [0.3, 0.4) is 0 Å². The summed E-state index contributed by atoms with van der Waals surface area (Å²) in [5.41, 5.74) is 0. The van der Waals surface area contributed by atoms with E-state index in [4.69, 9.17) is 11.6 Å². The third kappa shape index (κ3) is 3.11. The van der Waals surface area contributed by atoms with Crippen LogP contribution in [0.5, 0.6) is 0 Å². The predicted octanol–water partition coefficient (Wildman–Crippen LogP) is 2.59. The molecule has 1 aliphatic carbocycles. The molecule has 0 spiro atoms. The molecule has 1 heterocycles. The van der Waals surface area contributed by atoms with E-state index in [-0.39, 0.29) is 17.0 Å². The highest BCUT2D eigenvalue weighted by atomic mass is 35.5. The van der Waals surface area contributed by atoms with E-state index in [1.165, 1.54) is 0 Å². The van der Waals surface area contributed by atoms with Gasteiger partial charge in [-0.1, -0.05) is 23.7 Å². The first-order valence-electron chi connectivity index (χ1n) is 7.47. The molecule has 2 fully saturated rings. The summed E-state index contributed by atoms with van der Waals surface area (Å²) in [7, 11) is -1.42. The van der Waals surface area contributed by atoms with E-state index >= 15 is 0 Å². The maximum Gasteiger partial charge on any atom is 0.245 e. The average Bonchev–Trinajstić information content (AvgIpc) is 3.26. The van der Waals surface area contributed by atoms with Gasteiger partial charge in [0.05, 0.1) is 5.02 Å². The van der Waals surface area contributed by atoms with Crippen LogP contribution in [0.25, 0.3) is 0 Å². The van der Waals surface area contributed by atoms with Crippen molar-refractivity contribution in [3.05, 3.63) is 29.3 Å². The molecule has 21 heavy (non-hydrogen) atoms. The fourth-order valence-electron chi connectivity index (χ4n) is 3.04. The zero-order valence-corrected chi connectivity index (χ0v) is 13.8. The van der Waals surface area contributed by atoms with Crippen LogP contribution in [0.1, 0.15) is 25.7 Å². The van der Waals surface area contributed by atoms with Crippen LogP contribution < -0.4 is 0 Å². The van der Waals surface area contributed by atoms with Gasteiger partial charge in [-0.25, -0.2) is 8.42 Å². The molecule has 0 N–H and O–H groups in total. The molecule has 0 radical (unpaired) electrons. The van der Waals surface area contributed by atoms with Crippen LogP contribution in [-0.4, -0.2) is 49.8 Å². The summed E-state index contributed by atoms with van der Waals surface area (Å²) in [6, 6.07) is 7.03. The molecular formula is C15H21ClN2O2S. The lowest BCUT2D eigenvalue weighted by atomic mass is 10.1. The predicted molar refractivity (Wildman–Crippen MR) is 84.0 cm³/mol. The summed E-state index contributed by atoms with van der Waals surface area (Å²) in [5.74, 6) is 0. The van der Waals surface area contributed by atoms with Crippen molar-refractivity contribution in [3.8, 4) is 0 Å². The van der Waals surface area contributed by atoms with Gasteiger partial charge in [-0.2, -0.15) is 4.31 Å². The van der Waals surface area contributed by atoms with Crippen molar-refractivity contribution in [3.63, 3.8) is 0 Å². The zero-order chi connectivity index (χ0) is 15.0. The molecule has 3 rings (SSSR count). The number of likely N-dealkylation sites (tertiary alicyclic amines) is 1. The van der Waals surface area contributed by atoms with Gasteiger partial charge in [0.1, 0.15) is 4.90 Å². The Balaban J connectivity index is 1.92. The summed E-state index contributed by atoms with van der Waals surface area (Å²) >= 11 is 6.13. The number of hydrogen-bond acceptors (Lipinski definition) is 3. The van der Waals surface area contributed by atoms with Gasteiger partial charge in [-0.15, -0.1) is 0 Å². The number of benzene rings is 1. The molecule has 0 bridgehead atoms. The number of piperidine rings is 1. The molecule has 1 aliphatic heterocycles. The molecule has 0 aromatic heterocycles. The molecule has 0 unspecified atom stereocenters. The minimum atomic E-state index is -3.50. The Labute approximate surface area is 131 Å². The van der Waals surface area contributed by atoms with E-state index in [1.54, 1.807) is 28.6 Å². The topological polar surface area (TPSA) is 40.6 Å². The van der Waals surface area contributed by atoms with Gasteiger partial charge < -0.3 is 4.90 Å². The maximum atomic E-state index is 13.0. The number of nitrogens with zero attached hydrogens (tertiary/aromatic N) is 2. The molecule has 1 aromatic carbocycles. The number of hydrogen-bond donors (Lipinski definition) is 0. The van der Waals surface area contributed by atoms with Gasteiger partial charge in [0.15, 0.2) is 0 Å². The van der Waals surface area contributed by atoms with Crippen molar-refractivity contribution in [2.24, 2.45) is 0 Å². The largest absolute Gasteiger partial charge is 0.306 e. The van der Waals surface area contributed by atoms with Gasteiger partial charge >= 0.3 is 0 Å². The van der Waals surface area contributed by atoms with Crippen LogP contribution in [0.15, 0.2) is 29.2 Å². The van der Waals surface area contributed by atoms with Crippen molar-refractivity contribution >= 4 is 21.6 Å². The summed E-state index contributed by atoms with van der Waals surface area (Å²) in [6.45, 7) is 1.90. The normalized spacial score (nSPS) is 21.9. The molecule has 4 nitrogen and oxygen atoms in total. The van der Waals surface area contributed by atoms with Crippen molar-refractivity contribution in [1.29, 1.82) is 0 Å². The van der Waals surface area contributed by atoms with Crippen molar-refractivity contribution in [2.75, 3.05) is 20.1 Å². The van der Waals surface area contributed by atoms with Crippen LogP contribution in [0.2, 0.25) is 5.02 Å². The Kier molecular flexibility index (Phi) is 4.28. The SMILES string of the molecule is CN1CCC(N(C2CC2)S(=O)(=O)c2ccccc2Cl)CC1. The van der Waals surface area contributed by atoms with E-state index in [2.05, 4.69) is 11.9 Å². The molecule has 1 saturated carbocycles. The summed E-state index contributed by atoms with van der Waals surface area (Å²) in [4.78, 5) is 2.50. The Morgan fingerprint density at radius 1 is 1.10 bits per heavy atom. The Hall–Kier alpha value is -0.620. The van der Waals surface area contributed by atoms with Gasteiger partial charge in [0.25, 0.3) is 0 Å². The summed E-state index contributed by atoms with van der Waals surface area (Å²) in [6.07, 6.45) is 3.74. The molecular weight excluding hydrogens is 308 g/mol. The van der Waals surface area contributed by atoms with Crippen molar-refractivity contribution < 1.29 is 8.42 Å². The molecule has 0 amide bonds. The minimum Gasteiger partial charge on any atom is -0.306 e.